The molecule has 3 aromatic rings. The van der Waals surface area contributed by atoms with E-state index in [0.29, 0.717) is 22.1 Å². The summed E-state index contributed by atoms with van der Waals surface area (Å²) in [5, 5.41) is 12.6. The lowest BCUT2D eigenvalue weighted by Crippen LogP contribution is -2.19. The molecule has 7 nitrogen and oxygen atoms in total. The van der Waals surface area contributed by atoms with Crippen LogP contribution in [-0.2, 0) is 4.79 Å². The molecule has 0 saturated carbocycles. The first-order valence-electron chi connectivity index (χ1n) is 7.62. The highest BCUT2D eigenvalue weighted by atomic mass is 16.2. The molecule has 126 valence electrons. The van der Waals surface area contributed by atoms with Gasteiger partial charge in [0, 0.05) is 23.7 Å². The SMILES string of the molecule is CC(=O)Nc1ccc(NC(=O)c2n[nH]c(=O)c3ccccc23)cc1C. The van der Waals surface area contributed by atoms with Gasteiger partial charge in [-0.05, 0) is 36.8 Å². The Morgan fingerprint density at radius 1 is 1.04 bits per heavy atom. The smallest absolute Gasteiger partial charge is 0.276 e. The molecule has 2 amide bonds. The zero-order valence-corrected chi connectivity index (χ0v) is 13.7. The van der Waals surface area contributed by atoms with Crippen molar-refractivity contribution in [3.05, 3.63) is 64.1 Å². The normalized spacial score (nSPS) is 10.5. The number of nitrogens with one attached hydrogen (secondary N) is 3. The highest BCUT2D eigenvalue weighted by Crippen LogP contribution is 2.21. The molecule has 0 aliphatic rings. The standard InChI is InChI=1S/C18H16N4O3/c1-10-9-12(7-8-15(10)19-11(2)23)20-18(25)16-13-5-3-4-6-14(13)17(24)22-21-16/h3-9H,1-2H3,(H,19,23)(H,20,25)(H,22,24). The fourth-order valence-electron chi connectivity index (χ4n) is 2.55. The van der Waals surface area contributed by atoms with Crippen LogP contribution in [0.5, 0.6) is 0 Å². The molecule has 7 heteroatoms. The molecule has 0 radical (unpaired) electrons. The number of carbonyl (C=O) groups excluding carboxylic acids is 2. The molecule has 0 saturated heterocycles. The van der Waals surface area contributed by atoms with Crippen LogP contribution < -0.4 is 16.2 Å². The molecule has 3 N–H and O–H groups in total. The maximum atomic E-state index is 12.5. The molecule has 0 atom stereocenters. The lowest BCUT2D eigenvalue weighted by Gasteiger charge is -2.10. The van der Waals surface area contributed by atoms with Crippen LogP contribution in [0.2, 0.25) is 0 Å². The largest absolute Gasteiger partial charge is 0.326 e. The molecular formula is C18H16N4O3. The van der Waals surface area contributed by atoms with Crippen molar-refractivity contribution in [3.63, 3.8) is 0 Å². The van der Waals surface area contributed by atoms with E-state index in [0.717, 1.165) is 5.56 Å². The Labute approximate surface area is 143 Å². The molecule has 1 aromatic heterocycles. The van der Waals surface area contributed by atoms with Gasteiger partial charge in [0.05, 0.1) is 5.39 Å². The van der Waals surface area contributed by atoms with Crippen LogP contribution in [0.3, 0.4) is 0 Å². The van der Waals surface area contributed by atoms with E-state index in [-0.39, 0.29) is 17.2 Å². The zero-order valence-electron chi connectivity index (χ0n) is 13.7. The number of rotatable bonds is 3. The lowest BCUT2D eigenvalue weighted by atomic mass is 10.1. The minimum absolute atomic E-state index is 0.138. The Morgan fingerprint density at radius 3 is 2.44 bits per heavy atom. The van der Waals surface area contributed by atoms with Crippen LogP contribution in [0, 0.1) is 6.92 Å². The first-order valence-corrected chi connectivity index (χ1v) is 7.62. The third-order valence-corrected chi connectivity index (χ3v) is 3.71. The minimum Gasteiger partial charge on any atom is -0.326 e. The van der Waals surface area contributed by atoms with E-state index in [1.54, 1.807) is 42.5 Å². The van der Waals surface area contributed by atoms with Gasteiger partial charge in [-0.15, -0.1) is 0 Å². The van der Waals surface area contributed by atoms with Gasteiger partial charge in [-0.3, -0.25) is 14.4 Å². The highest BCUT2D eigenvalue weighted by Gasteiger charge is 2.14. The van der Waals surface area contributed by atoms with Crippen LogP contribution in [0.15, 0.2) is 47.3 Å². The Balaban J connectivity index is 1.91. The van der Waals surface area contributed by atoms with Gasteiger partial charge in [-0.1, -0.05) is 18.2 Å². The van der Waals surface area contributed by atoms with E-state index >= 15 is 0 Å². The first-order chi connectivity index (χ1) is 12.0. The summed E-state index contributed by atoms with van der Waals surface area (Å²) < 4.78 is 0. The summed E-state index contributed by atoms with van der Waals surface area (Å²) in [7, 11) is 0. The zero-order chi connectivity index (χ0) is 18.0. The molecule has 0 spiro atoms. The fraction of sp³-hybridized carbons (Fsp3) is 0.111. The van der Waals surface area contributed by atoms with Gasteiger partial charge in [0.2, 0.25) is 5.91 Å². The third kappa shape index (κ3) is 3.40. The maximum absolute atomic E-state index is 12.5. The van der Waals surface area contributed by atoms with Crippen LogP contribution in [-0.4, -0.2) is 22.0 Å². The van der Waals surface area contributed by atoms with E-state index in [1.165, 1.54) is 6.92 Å². The van der Waals surface area contributed by atoms with Gasteiger partial charge in [0.1, 0.15) is 0 Å². The predicted molar refractivity (Wildman–Crippen MR) is 95.8 cm³/mol. The van der Waals surface area contributed by atoms with Crippen LogP contribution in [0.4, 0.5) is 11.4 Å². The van der Waals surface area contributed by atoms with Crippen molar-refractivity contribution < 1.29 is 9.59 Å². The molecule has 0 aliphatic heterocycles. The van der Waals surface area contributed by atoms with Crippen LogP contribution >= 0.6 is 0 Å². The second kappa shape index (κ2) is 6.56. The number of amides is 2. The van der Waals surface area contributed by atoms with Crippen LogP contribution in [0.1, 0.15) is 23.0 Å². The maximum Gasteiger partial charge on any atom is 0.276 e. The number of aromatic nitrogens is 2. The molecule has 1 heterocycles. The Morgan fingerprint density at radius 2 is 1.76 bits per heavy atom. The summed E-state index contributed by atoms with van der Waals surface area (Å²) in [6, 6.07) is 11.9. The Hall–Kier alpha value is -3.48. The summed E-state index contributed by atoms with van der Waals surface area (Å²) in [4.78, 5) is 35.5. The number of hydrogen-bond acceptors (Lipinski definition) is 4. The molecule has 0 fully saturated rings. The monoisotopic (exact) mass is 336 g/mol. The van der Waals surface area contributed by atoms with Gasteiger partial charge in [-0.2, -0.15) is 5.10 Å². The van der Waals surface area contributed by atoms with Gasteiger partial charge in [0.25, 0.3) is 11.5 Å². The number of aryl methyl sites for hydroxylation is 1. The van der Waals surface area contributed by atoms with Gasteiger partial charge < -0.3 is 10.6 Å². The molecule has 3 rings (SSSR count). The van der Waals surface area contributed by atoms with Crippen molar-refractivity contribution in [1.82, 2.24) is 10.2 Å². The average molecular weight is 336 g/mol. The Kier molecular flexibility index (Phi) is 4.30. The van der Waals surface area contributed by atoms with E-state index in [2.05, 4.69) is 20.8 Å². The lowest BCUT2D eigenvalue weighted by molar-refractivity contribution is -0.114. The quantitative estimate of drug-likeness (QED) is 0.683. The van der Waals surface area contributed by atoms with E-state index < -0.39 is 5.91 Å². The number of fused-ring (bicyclic) bond motifs is 1. The molecule has 25 heavy (non-hydrogen) atoms. The van der Waals surface area contributed by atoms with E-state index in [9.17, 15) is 14.4 Å². The number of carbonyl (C=O) groups is 2. The number of aromatic amines is 1. The van der Waals surface area contributed by atoms with Crippen LogP contribution in [0.25, 0.3) is 10.8 Å². The number of anilines is 2. The van der Waals surface area contributed by atoms with Crippen molar-refractivity contribution in [3.8, 4) is 0 Å². The second-order valence-corrected chi connectivity index (χ2v) is 5.61. The summed E-state index contributed by atoms with van der Waals surface area (Å²) >= 11 is 0. The van der Waals surface area contributed by atoms with Crippen molar-refractivity contribution >= 4 is 34.0 Å². The van der Waals surface area contributed by atoms with E-state index in [4.69, 9.17) is 0 Å². The predicted octanol–water partition coefficient (Wildman–Crippen LogP) is 2.44. The van der Waals surface area contributed by atoms with Gasteiger partial charge in [-0.25, -0.2) is 5.10 Å². The molecule has 0 unspecified atom stereocenters. The van der Waals surface area contributed by atoms with Crippen molar-refractivity contribution in [2.24, 2.45) is 0 Å². The van der Waals surface area contributed by atoms with Crippen molar-refractivity contribution in [2.75, 3.05) is 10.6 Å². The molecule has 2 aromatic carbocycles. The summed E-state index contributed by atoms with van der Waals surface area (Å²) in [6.07, 6.45) is 0. The van der Waals surface area contributed by atoms with Crippen molar-refractivity contribution in [1.29, 1.82) is 0 Å². The number of nitrogens with zero attached hydrogens (tertiary/aromatic N) is 1. The number of H-pyrrole nitrogens is 1. The van der Waals surface area contributed by atoms with Crippen molar-refractivity contribution in [2.45, 2.75) is 13.8 Å². The Bertz CT molecular complexity index is 1040. The molecule has 0 aliphatic carbocycles. The molecular weight excluding hydrogens is 320 g/mol. The van der Waals surface area contributed by atoms with Gasteiger partial charge >= 0.3 is 0 Å². The van der Waals surface area contributed by atoms with Gasteiger partial charge in [0.15, 0.2) is 5.69 Å². The minimum atomic E-state index is -0.431. The summed E-state index contributed by atoms with van der Waals surface area (Å²) in [5.41, 5.74) is 1.85. The molecule has 0 bridgehead atoms. The number of benzene rings is 2. The third-order valence-electron chi connectivity index (χ3n) is 3.71. The average Bonchev–Trinajstić information content (AvgIpc) is 2.57. The topological polar surface area (TPSA) is 104 Å². The second-order valence-electron chi connectivity index (χ2n) is 5.61. The first kappa shape index (κ1) is 16.4. The summed E-state index contributed by atoms with van der Waals surface area (Å²) in [6.45, 7) is 3.26. The summed E-state index contributed by atoms with van der Waals surface area (Å²) in [5.74, 6) is -0.595. The number of hydrogen-bond donors (Lipinski definition) is 3. The fourth-order valence-corrected chi connectivity index (χ4v) is 2.55. The van der Waals surface area contributed by atoms with E-state index in [1.807, 2.05) is 6.92 Å². The highest BCUT2D eigenvalue weighted by molar-refractivity contribution is 6.11.